The van der Waals surface area contributed by atoms with Crippen LogP contribution in [0.25, 0.3) is 0 Å². The van der Waals surface area contributed by atoms with E-state index >= 15 is 0 Å². The monoisotopic (exact) mass is 859 g/mol. The molecule has 61 heavy (non-hydrogen) atoms. The molecule has 0 rings (SSSR count). The van der Waals surface area contributed by atoms with Crippen molar-refractivity contribution in [2.45, 2.75) is 297 Å². The number of unbranched alkanes of at least 4 members (excludes halogenated alkanes) is 34. The Hall–Kier alpha value is -2.11. The van der Waals surface area contributed by atoms with Crippen LogP contribution < -0.4 is 0 Å². The molecule has 0 bridgehead atoms. The molecule has 6 nitrogen and oxygen atoms in total. The van der Waals surface area contributed by atoms with Crippen LogP contribution in [0, 0.1) is 0 Å². The molecule has 0 fully saturated rings. The third-order valence-corrected chi connectivity index (χ3v) is 12.0. The fraction of sp³-hybridized carbons (Fsp3) is 0.873. The van der Waals surface area contributed by atoms with Crippen molar-refractivity contribution in [3.8, 4) is 0 Å². The fourth-order valence-electron chi connectivity index (χ4n) is 7.95. The number of hydrogen-bond acceptors (Lipinski definition) is 6. The first-order valence-corrected chi connectivity index (χ1v) is 26.8. The minimum absolute atomic E-state index is 0.0694. The Morgan fingerprint density at radius 2 is 0.639 bits per heavy atom. The molecule has 0 aromatic rings. The molecule has 1 unspecified atom stereocenters. The van der Waals surface area contributed by atoms with E-state index in [1.165, 1.54) is 173 Å². The highest BCUT2D eigenvalue weighted by atomic mass is 16.6. The van der Waals surface area contributed by atoms with Crippen molar-refractivity contribution in [2.75, 3.05) is 13.2 Å². The van der Waals surface area contributed by atoms with Gasteiger partial charge < -0.3 is 14.2 Å². The molecule has 1 atom stereocenters. The molecular weight excluding hydrogens is 757 g/mol. The number of allylic oxidation sites excluding steroid dienone is 4. The summed E-state index contributed by atoms with van der Waals surface area (Å²) in [5.41, 5.74) is 0. The molecule has 0 aliphatic rings. The third kappa shape index (κ3) is 48.8. The molecule has 0 spiro atoms. The van der Waals surface area contributed by atoms with Gasteiger partial charge in [-0.1, -0.05) is 251 Å². The first-order valence-electron chi connectivity index (χ1n) is 26.8. The molecule has 0 amide bonds. The summed E-state index contributed by atoms with van der Waals surface area (Å²) in [6.45, 7) is 6.56. The summed E-state index contributed by atoms with van der Waals surface area (Å²) in [6.07, 6.45) is 57.3. The van der Waals surface area contributed by atoms with Crippen molar-refractivity contribution in [3.63, 3.8) is 0 Å². The maximum Gasteiger partial charge on any atom is 0.306 e. The molecule has 0 saturated carbocycles. The van der Waals surface area contributed by atoms with Crippen LogP contribution in [0.3, 0.4) is 0 Å². The zero-order valence-corrected chi connectivity index (χ0v) is 40.9. The highest BCUT2D eigenvalue weighted by molar-refractivity contribution is 5.71. The smallest absolute Gasteiger partial charge is 0.306 e. The minimum Gasteiger partial charge on any atom is -0.462 e. The zero-order chi connectivity index (χ0) is 44.4. The average molecular weight is 859 g/mol. The fourth-order valence-corrected chi connectivity index (χ4v) is 7.95. The maximum absolute atomic E-state index is 12.8. The largest absolute Gasteiger partial charge is 0.462 e. The molecule has 358 valence electrons. The molecule has 0 aliphatic heterocycles. The van der Waals surface area contributed by atoms with Gasteiger partial charge in [0.05, 0.1) is 0 Å². The Balaban J connectivity index is 4.32. The van der Waals surface area contributed by atoms with Crippen LogP contribution in [-0.2, 0) is 28.6 Å². The van der Waals surface area contributed by atoms with E-state index in [0.29, 0.717) is 19.3 Å². The van der Waals surface area contributed by atoms with Crippen LogP contribution in [0.1, 0.15) is 290 Å². The van der Waals surface area contributed by atoms with Gasteiger partial charge in [-0.2, -0.15) is 0 Å². The molecule has 0 aromatic heterocycles. The quantitative estimate of drug-likeness (QED) is 0.0262. The predicted octanol–water partition coefficient (Wildman–Crippen LogP) is 17.5. The lowest BCUT2D eigenvalue weighted by molar-refractivity contribution is -0.167. The van der Waals surface area contributed by atoms with E-state index in [4.69, 9.17) is 14.2 Å². The van der Waals surface area contributed by atoms with Gasteiger partial charge in [0, 0.05) is 19.3 Å². The number of carbonyl (C=O) groups is 3. The molecule has 0 heterocycles. The Kier molecular flexibility index (Phi) is 48.8. The number of hydrogen-bond donors (Lipinski definition) is 0. The van der Waals surface area contributed by atoms with Crippen molar-refractivity contribution in [2.24, 2.45) is 0 Å². The van der Waals surface area contributed by atoms with E-state index in [0.717, 1.165) is 77.0 Å². The number of esters is 3. The van der Waals surface area contributed by atoms with Crippen LogP contribution in [0.5, 0.6) is 0 Å². The van der Waals surface area contributed by atoms with E-state index in [-0.39, 0.29) is 31.1 Å². The summed E-state index contributed by atoms with van der Waals surface area (Å²) in [5.74, 6) is -0.861. The molecule has 0 radical (unpaired) electrons. The Morgan fingerprint density at radius 1 is 0.344 bits per heavy atom. The second-order valence-corrected chi connectivity index (χ2v) is 18.1. The lowest BCUT2D eigenvalue weighted by atomic mass is 10.0. The van der Waals surface area contributed by atoms with Crippen LogP contribution in [0.15, 0.2) is 24.3 Å². The summed E-state index contributed by atoms with van der Waals surface area (Å²) in [5, 5.41) is 0. The normalized spacial score (nSPS) is 12.1. The number of rotatable bonds is 49. The summed E-state index contributed by atoms with van der Waals surface area (Å²) in [7, 11) is 0. The van der Waals surface area contributed by atoms with E-state index in [2.05, 4.69) is 45.1 Å². The van der Waals surface area contributed by atoms with E-state index < -0.39 is 6.10 Å². The molecule has 6 heteroatoms. The number of ether oxygens (including phenoxy) is 3. The average Bonchev–Trinajstić information content (AvgIpc) is 3.26. The maximum atomic E-state index is 12.8. The Morgan fingerprint density at radius 3 is 0.984 bits per heavy atom. The van der Waals surface area contributed by atoms with Crippen molar-refractivity contribution in [3.05, 3.63) is 24.3 Å². The Bertz CT molecular complexity index is 989. The zero-order valence-electron chi connectivity index (χ0n) is 40.9. The highest BCUT2D eigenvalue weighted by Gasteiger charge is 2.19. The van der Waals surface area contributed by atoms with Gasteiger partial charge in [-0.3, -0.25) is 14.4 Å². The topological polar surface area (TPSA) is 78.9 Å². The van der Waals surface area contributed by atoms with E-state index in [1.807, 2.05) is 0 Å². The SMILES string of the molecule is CC/C=C\C/C=C\CCCCCCCCCC(=O)OC(COC(=O)CCCCCCCCCCCCCCC)COC(=O)CCCCCCCCCCCCCCCCCC. The third-order valence-electron chi connectivity index (χ3n) is 12.0. The van der Waals surface area contributed by atoms with Crippen molar-refractivity contribution in [1.29, 1.82) is 0 Å². The van der Waals surface area contributed by atoms with E-state index in [9.17, 15) is 14.4 Å². The first-order chi connectivity index (χ1) is 30.0. The second kappa shape index (κ2) is 50.5. The van der Waals surface area contributed by atoms with Gasteiger partial charge in [0.1, 0.15) is 13.2 Å². The predicted molar refractivity (Wildman–Crippen MR) is 261 cm³/mol. The van der Waals surface area contributed by atoms with Crippen molar-refractivity contribution < 1.29 is 28.6 Å². The lowest BCUT2D eigenvalue weighted by Gasteiger charge is -2.18. The number of carbonyl (C=O) groups excluding carboxylic acids is 3. The summed E-state index contributed by atoms with van der Waals surface area (Å²) in [4.78, 5) is 38.0. The van der Waals surface area contributed by atoms with Gasteiger partial charge in [-0.05, 0) is 44.9 Å². The van der Waals surface area contributed by atoms with Crippen LogP contribution >= 0.6 is 0 Å². The van der Waals surface area contributed by atoms with Crippen molar-refractivity contribution in [1.82, 2.24) is 0 Å². The molecule has 0 saturated heterocycles. The standard InChI is InChI=1S/C55H102O6/c1-4-7-10-13-16-19-22-25-27-28-31-33-36-39-42-45-48-54(57)60-51-52(50-59-53(56)47-44-41-38-35-32-29-24-21-18-15-12-9-6-3)61-55(58)49-46-43-40-37-34-30-26-23-20-17-14-11-8-5-2/h8,11,17,20,52H,4-7,9-10,12-16,18-19,21-51H2,1-3H3/b11-8-,20-17-. The van der Waals surface area contributed by atoms with Crippen molar-refractivity contribution >= 4 is 17.9 Å². The summed E-state index contributed by atoms with van der Waals surface area (Å²) >= 11 is 0. The second-order valence-electron chi connectivity index (χ2n) is 18.1. The van der Waals surface area contributed by atoms with Gasteiger partial charge >= 0.3 is 17.9 Å². The van der Waals surface area contributed by atoms with Crippen LogP contribution in [0.2, 0.25) is 0 Å². The Labute approximate surface area is 379 Å². The molecule has 0 aliphatic carbocycles. The lowest BCUT2D eigenvalue weighted by Crippen LogP contribution is -2.30. The van der Waals surface area contributed by atoms with Gasteiger partial charge in [-0.25, -0.2) is 0 Å². The minimum atomic E-state index is -0.769. The molecule has 0 N–H and O–H groups in total. The highest BCUT2D eigenvalue weighted by Crippen LogP contribution is 2.16. The van der Waals surface area contributed by atoms with E-state index in [1.54, 1.807) is 0 Å². The van der Waals surface area contributed by atoms with Crippen LogP contribution in [-0.4, -0.2) is 37.2 Å². The van der Waals surface area contributed by atoms with Gasteiger partial charge in [0.15, 0.2) is 6.10 Å². The first kappa shape index (κ1) is 58.9. The summed E-state index contributed by atoms with van der Waals surface area (Å²) < 4.78 is 16.8. The van der Waals surface area contributed by atoms with Gasteiger partial charge in [0.2, 0.25) is 0 Å². The van der Waals surface area contributed by atoms with Crippen LogP contribution in [0.4, 0.5) is 0 Å². The summed E-state index contributed by atoms with van der Waals surface area (Å²) in [6, 6.07) is 0. The molecule has 0 aromatic carbocycles. The van der Waals surface area contributed by atoms with Gasteiger partial charge in [-0.15, -0.1) is 0 Å². The molecular formula is C55H102O6. The van der Waals surface area contributed by atoms with Gasteiger partial charge in [0.25, 0.3) is 0 Å².